The molecule has 2 amide bonds. The molecule has 148 valence electrons. The fourth-order valence-electron chi connectivity index (χ4n) is 3.02. The van der Waals surface area contributed by atoms with E-state index in [4.69, 9.17) is 0 Å². The van der Waals surface area contributed by atoms with Crippen molar-refractivity contribution in [3.63, 3.8) is 0 Å². The summed E-state index contributed by atoms with van der Waals surface area (Å²) >= 11 is 0. The summed E-state index contributed by atoms with van der Waals surface area (Å²) in [5.41, 5.74) is 0.941. The number of hydrogen-bond donors (Lipinski definition) is 1. The number of anilines is 1. The Bertz CT molecular complexity index is 850. The molecule has 2 aromatic rings. The lowest BCUT2D eigenvalue weighted by Gasteiger charge is -2.34. The Morgan fingerprint density at radius 3 is 2.21 bits per heavy atom. The zero-order valence-corrected chi connectivity index (χ0v) is 15.1. The molecule has 5 nitrogen and oxygen atoms in total. The second-order valence-corrected chi connectivity index (χ2v) is 6.64. The van der Waals surface area contributed by atoms with Crippen molar-refractivity contribution in [3.8, 4) is 0 Å². The van der Waals surface area contributed by atoms with Crippen molar-refractivity contribution in [1.82, 2.24) is 9.80 Å². The van der Waals surface area contributed by atoms with Gasteiger partial charge in [0.2, 0.25) is 11.8 Å². The molecule has 1 aliphatic rings. The lowest BCUT2D eigenvalue weighted by molar-refractivity contribution is -0.132. The smallest absolute Gasteiger partial charge is 0.238 e. The minimum Gasteiger partial charge on any atom is -0.340 e. The van der Waals surface area contributed by atoms with Gasteiger partial charge < -0.3 is 10.2 Å². The van der Waals surface area contributed by atoms with Crippen LogP contribution in [0.25, 0.3) is 0 Å². The zero-order valence-electron chi connectivity index (χ0n) is 15.1. The summed E-state index contributed by atoms with van der Waals surface area (Å²) in [6.07, 6.45) is 0.205. The summed E-state index contributed by atoms with van der Waals surface area (Å²) in [7, 11) is 0. The average molecular weight is 391 g/mol. The highest BCUT2D eigenvalue weighted by atomic mass is 19.2. The molecule has 0 aliphatic carbocycles. The Balaban J connectivity index is 1.44. The number of nitrogens with one attached hydrogen (secondary N) is 1. The van der Waals surface area contributed by atoms with Crippen molar-refractivity contribution in [1.29, 1.82) is 0 Å². The largest absolute Gasteiger partial charge is 0.340 e. The Hall–Kier alpha value is -2.87. The van der Waals surface area contributed by atoms with Gasteiger partial charge in [-0.2, -0.15) is 0 Å². The predicted octanol–water partition coefficient (Wildman–Crippen LogP) is 2.43. The van der Waals surface area contributed by atoms with Crippen LogP contribution in [0.3, 0.4) is 0 Å². The van der Waals surface area contributed by atoms with Gasteiger partial charge in [-0.05, 0) is 29.8 Å². The first kappa shape index (κ1) is 19.9. The summed E-state index contributed by atoms with van der Waals surface area (Å²) in [5, 5.41) is 2.53. The van der Waals surface area contributed by atoms with Crippen LogP contribution in [-0.4, -0.2) is 54.3 Å². The summed E-state index contributed by atoms with van der Waals surface area (Å²) in [6, 6.07) is 9.01. The molecule has 28 heavy (non-hydrogen) atoms. The molecule has 0 spiro atoms. The van der Waals surface area contributed by atoms with E-state index in [0.717, 1.165) is 17.7 Å². The van der Waals surface area contributed by atoms with Crippen LogP contribution in [0.1, 0.15) is 5.56 Å². The predicted molar refractivity (Wildman–Crippen MR) is 98.1 cm³/mol. The molecule has 1 heterocycles. The number of rotatable bonds is 5. The molecule has 3 rings (SSSR count). The van der Waals surface area contributed by atoms with Gasteiger partial charge >= 0.3 is 0 Å². The number of benzene rings is 2. The molecule has 1 saturated heterocycles. The van der Waals surface area contributed by atoms with E-state index in [1.54, 1.807) is 17.0 Å². The fourth-order valence-corrected chi connectivity index (χ4v) is 3.02. The van der Waals surface area contributed by atoms with E-state index in [0.29, 0.717) is 26.2 Å². The first-order valence-corrected chi connectivity index (χ1v) is 8.90. The summed E-state index contributed by atoms with van der Waals surface area (Å²) in [4.78, 5) is 28.0. The molecular formula is C20H20F3N3O2. The van der Waals surface area contributed by atoms with Gasteiger partial charge in [0.25, 0.3) is 0 Å². The fraction of sp³-hybridized carbons (Fsp3) is 0.300. The summed E-state index contributed by atoms with van der Waals surface area (Å²) < 4.78 is 39.0. The van der Waals surface area contributed by atoms with Crippen molar-refractivity contribution in [2.24, 2.45) is 0 Å². The van der Waals surface area contributed by atoms with E-state index in [2.05, 4.69) is 5.32 Å². The lowest BCUT2D eigenvalue weighted by Crippen LogP contribution is -2.50. The van der Waals surface area contributed by atoms with E-state index in [9.17, 15) is 22.8 Å². The molecular weight excluding hydrogens is 371 g/mol. The van der Waals surface area contributed by atoms with Gasteiger partial charge in [0.1, 0.15) is 5.82 Å². The quantitative estimate of drug-likeness (QED) is 0.852. The zero-order chi connectivity index (χ0) is 20.1. The Labute approximate surface area is 160 Å². The maximum atomic E-state index is 13.2. The topological polar surface area (TPSA) is 52.7 Å². The maximum Gasteiger partial charge on any atom is 0.238 e. The normalized spacial score (nSPS) is 14.8. The van der Waals surface area contributed by atoms with Crippen LogP contribution < -0.4 is 5.32 Å². The van der Waals surface area contributed by atoms with E-state index < -0.39 is 11.6 Å². The van der Waals surface area contributed by atoms with Crippen LogP contribution in [-0.2, 0) is 16.0 Å². The summed E-state index contributed by atoms with van der Waals surface area (Å²) in [6.45, 7) is 2.12. The number of piperazine rings is 1. The SMILES string of the molecule is O=C(CN1CCN(C(=O)Cc2ccc(F)cc2)CC1)Nc1ccc(F)c(F)c1. The van der Waals surface area contributed by atoms with Gasteiger partial charge in [-0.1, -0.05) is 12.1 Å². The van der Waals surface area contributed by atoms with Gasteiger partial charge in [0.05, 0.1) is 13.0 Å². The van der Waals surface area contributed by atoms with Gasteiger partial charge in [-0.15, -0.1) is 0 Å². The number of carbonyl (C=O) groups is 2. The van der Waals surface area contributed by atoms with Gasteiger partial charge in [-0.25, -0.2) is 13.2 Å². The Kier molecular flexibility index (Phi) is 6.30. The van der Waals surface area contributed by atoms with E-state index >= 15 is 0 Å². The minimum absolute atomic E-state index is 0.0440. The maximum absolute atomic E-state index is 13.2. The molecule has 1 aliphatic heterocycles. The average Bonchev–Trinajstić information content (AvgIpc) is 2.67. The van der Waals surface area contributed by atoms with Crippen molar-refractivity contribution < 1.29 is 22.8 Å². The van der Waals surface area contributed by atoms with E-state index in [1.165, 1.54) is 18.2 Å². The summed E-state index contributed by atoms with van der Waals surface area (Å²) in [5.74, 6) is -2.72. The molecule has 1 fully saturated rings. The van der Waals surface area contributed by atoms with Crippen LogP contribution in [0.5, 0.6) is 0 Å². The molecule has 0 atom stereocenters. The van der Waals surface area contributed by atoms with Crippen molar-refractivity contribution in [3.05, 3.63) is 65.5 Å². The second kappa shape index (κ2) is 8.88. The molecule has 0 saturated carbocycles. The van der Waals surface area contributed by atoms with Crippen LogP contribution in [0.2, 0.25) is 0 Å². The first-order valence-electron chi connectivity index (χ1n) is 8.90. The molecule has 0 aromatic heterocycles. The second-order valence-electron chi connectivity index (χ2n) is 6.64. The molecule has 0 bridgehead atoms. The molecule has 2 aromatic carbocycles. The van der Waals surface area contributed by atoms with Crippen molar-refractivity contribution >= 4 is 17.5 Å². The Morgan fingerprint density at radius 2 is 1.57 bits per heavy atom. The van der Waals surface area contributed by atoms with E-state index in [1.807, 2.05) is 4.90 Å². The number of amides is 2. The van der Waals surface area contributed by atoms with E-state index in [-0.39, 0.29) is 36.3 Å². The van der Waals surface area contributed by atoms with Gasteiger partial charge in [0, 0.05) is 37.9 Å². The number of nitrogens with zero attached hydrogens (tertiary/aromatic N) is 2. The van der Waals surface area contributed by atoms with Gasteiger partial charge in [-0.3, -0.25) is 14.5 Å². The third-order valence-electron chi connectivity index (χ3n) is 4.56. The van der Waals surface area contributed by atoms with Gasteiger partial charge in [0.15, 0.2) is 11.6 Å². The van der Waals surface area contributed by atoms with Crippen LogP contribution in [0, 0.1) is 17.5 Å². The number of carbonyl (C=O) groups excluding carboxylic acids is 2. The van der Waals surface area contributed by atoms with Crippen molar-refractivity contribution in [2.75, 3.05) is 38.0 Å². The molecule has 8 heteroatoms. The first-order chi connectivity index (χ1) is 13.4. The van der Waals surface area contributed by atoms with Crippen LogP contribution in [0.4, 0.5) is 18.9 Å². The third kappa shape index (κ3) is 5.32. The monoisotopic (exact) mass is 391 g/mol. The Morgan fingerprint density at radius 1 is 0.893 bits per heavy atom. The lowest BCUT2D eigenvalue weighted by atomic mass is 10.1. The van der Waals surface area contributed by atoms with Crippen molar-refractivity contribution in [2.45, 2.75) is 6.42 Å². The third-order valence-corrected chi connectivity index (χ3v) is 4.56. The standard InChI is InChI=1S/C20H20F3N3O2/c21-15-3-1-14(2-4-15)11-20(28)26-9-7-25(8-10-26)13-19(27)24-16-5-6-17(22)18(23)12-16/h1-6,12H,7-11,13H2,(H,24,27). The van der Waals surface area contributed by atoms with Crippen LogP contribution in [0.15, 0.2) is 42.5 Å². The van der Waals surface area contributed by atoms with Crippen LogP contribution >= 0.6 is 0 Å². The highest BCUT2D eigenvalue weighted by Gasteiger charge is 2.22. The molecule has 0 unspecified atom stereocenters. The minimum atomic E-state index is -1.02. The molecule has 0 radical (unpaired) electrons. The number of hydrogen-bond acceptors (Lipinski definition) is 3. The highest BCUT2D eigenvalue weighted by molar-refractivity contribution is 5.92. The molecule has 1 N–H and O–H groups in total. The number of halogens is 3. The highest BCUT2D eigenvalue weighted by Crippen LogP contribution is 2.13.